The topological polar surface area (TPSA) is 88.9 Å². The van der Waals surface area contributed by atoms with Gasteiger partial charge in [-0.3, -0.25) is 19.6 Å². The van der Waals surface area contributed by atoms with Crippen molar-refractivity contribution in [1.82, 2.24) is 19.9 Å². The molecule has 0 unspecified atom stereocenters. The quantitative estimate of drug-likeness (QED) is 0.383. The van der Waals surface area contributed by atoms with Crippen molar-refractivity contribution in [2.24, 2.45) is 7.05 Å². The molecule has 0 atom stereocenters. The summed E-state index contributed by atoms with van der Waals surface area (Å²) in [6.07, 6.45) is 2.83. The highest BCUT2D eigenvalue weighted by atomic mass is 19.3. The number of hydrogen-bond acceptors (Lipinski definition) is 5. The molecule has 3 aromatic heterocycles. The van der Waals surface area contributed by atoms with Gasteiger partial charge in [0.25, 0.3) is 17.4 Å². The molecule has 1 aromatic carbocycles. The maximum Gasteiger partial charge on any atom is 0.286 e. The number of carbonyl (C=O) groups excluding carboxylic acids is 1. The molecular formula is C27H27F2N5O2. The Morgan fingerprint density at radius 3 is 2.47 bits per heavy atom. The fraction of sp³-hybridized carbons (Fsp3) is 0.185. The van der Waals surface area contributed by atoms with Crippen LogP contribution in [0.1, 0.15) is 35.7 Å². The number of carbonyl (C=O) groups is 1. The summed E-state index contributed by atoms with van der Waals surface area (Å²) in [4.78, 5) is 33.7. The van der Waals surface area contributed by atoms with Gasteiger partial charge in [-0.25, -0.2) is 0 Å². The Hall–Kier alpha value is -4.40. The number of benzene rings is 1. The summed E-state index contributed by atoms with van der Waals surface area (Å²) in [5.41, 5.74) is 3.90. The Balaban J connectivity index is 0.00000380. The first-order valence-electron chi connectivity index (χ1n) is 11.1. The standard InChI is InChI=1S/C27H25F2N5O2.H2/c1-15-6-8-20(32-17(3)33-25(35)18-7-9-24(31-13-18)27(4,28)29)12-21(15)22-11-19-14-30-16(2)10-23(19)34(5)26(22)36;/h6-14,32H,3H2,1-2,4-5H3,(H,33,35);1H. The molecule has 9 heteroatoms. The molecule has 0 aliphatic carbocycles. The molecule has 4 aromatic rings. The molecule has 0 spiro atoms. The highest BCUT2D eigenvalue weighted by Crippen LogP contribution is 2.27. The molecule has 0 fully saturated rings. The molecule has 0 aliphatic rings. The molecule has 0 radical (unpaired) electrons. The van der Waals surface area contributed by atoms with Gasteiger partial charge in [-0.1, -0.05) is 12.6 Å². The van der Waals surface area contributed by atoms with E-state index in [0.29, 0.717) is 11.3 Å². The van der Waals surface area contributed by atoms with Gasteiger partial charge >= 0.3 is 0 Å². The van der Waals surface area contributed by atoms with Gasteiger partial charge in [-0.05, 0) is 61.4 Å². The molecule has 0 saturated heterocycles. The predicted octanol–water partition coefficient (Wildman–Crippen LogP) is 5.28. The molecule has 3 heterocycles. The number of rotatable bonds is 6. The Morgan fingerprint density at radius 1 is 1.06 bits per heavy atom. The minimum Gasteiger partial charge on any atom is -0.342 e. The molecule has 7 nitrogen and oxygen atoms in total. The van der Waals surface area contributed by atoms with E-state index in [0.717, 1.165) is 46.9 Å². The van der Waals surface area contributed by atoms with E-state index in [1.54, 1.807) is 29.9 Å². The third-order valence-electron chi connectivity index (χ3n) is 5.81. The third kappa shape index (κ3) is 5.00. The van der Waals surface area contributed by atoms with Crippen LogP contribution in [0.5, 0.6) is 0 Å². The Labute approximate surface area is 208 Å². The van der Waals surface area contributed by atoms with Gasteiger partial charge in [0.2, 0.25) is 0 Å². The molecular weight excluding hydrogens is 464 g/mol. The number of alkyl halides is 2. The molecule has 36 heavy (non-hydrogen) atoms. The van der Waals surface area contributed by atoms with Gasteiger partial charge in [-0.2, -0.15) is 8.78 Å². The minimum atomic E-state index is -3.09. The third-order valence-corrected chi connectivity index (χ3v) is 5.81. The number of nitrogens with zero attached hydrogens (tertiary/aromatic N) is 3. The second-order valence-corrected chi connectivity index (χ2v) is 8.71. The lowest BCUT2D eigenvalue weighted by atomic mass is 9.99. The average Bonchev–Trinajstić information content (AvgIpc) is 2.82. The lowest BCUT2D eigenvalue weighted by molar-refractivity contribution is 0.0127. The lowest BCUT2D eigenvalue weighted by Crippen LogP contribution is -2.26. The van der Waals surface area contributed by atoms with Crippen molar-refractivity contribution in [1.29, 1.82) is 0 Å². The fourth-order valence-electron chi connectivity index (χ4n) is 3.85. The second-order valence-electron chi connectivity index (χ2n) is 8.71. The summed E-state index contributed by atoms with van der Waals surface area (Å²) in [6.45, 7) is 8.34. The van der Waals surface area contributed by atoms with E-state index < -0.39 is 17.5 Å². The maximum absolute atomic E-state index is 13.4. The summed E-state index contributed by atoms with van der Waals surface area (Å²) >= 11 is 0. The van der Waals surface area contributed by atoms with E-state index >= 15 is 0 Å². The van der Waals surface area contributed by atoms with Crippen LogP contribution in [0.25, 0.3) is 22.0 Å². The van der Waals surface area contributed by atoms with Crippen LogP contribution in [0.2, 0.25) is 0 Å². The Morgan fingerprint density at radius 2 is 1.81 bits per heavy atom. The van der Waals surface area contributed by atoms with Crippen LogP contribution in [0.4, 0.5) is 14.5 Å². The molecule has 186 valence electrons. The van der Waals surface area contributed by atoms with Crippen LogP contribution in [0.3, 0.4) is 0 Å². The highest BCUT2D eigenvalue weighted by molar-refractivity contribution is 5.95. The van der Waals surface area contributed by atoms with Gasteiger partial charge in [-0.15, -0.1) is 0 Å². The zero-order chi connectivity index (χ0) is 26.2. The van der Waals surface area contributed by atoms with Crippen molar-refractivity contribution >= 4 is 22.5 Å². The van der Waals surface area contributed by atoms with Crippen LogP contribution in [-0.4, -0.2) is 20.4 Å². The smallest absolute Gasteiger partial charge is 0.286 e. The number of hydrogen-bond donors (Lipinski definition) is 2. The summed E-state index contributed by atoms with van der Waals surface area (Å²) in [6, 6.07) is 11.5. The zero-order valence-electron chi connectivity index (χ0n) is 20.3. The number of aryl methyl sites for hydroxylation is 3. The molecule has 2 N–H and O–H groups in total. The largest absolute Gasteiger partial charge is 0.342 e. The normalized spacial score (nSPS) is 11.4. The van der Waals surface area contributed by atoms with Crippen LogP contribution in [0.15, 0.2) is 72.1 Å². The Bertz CT molecular complexity index is 1560. The summed E-state index contributed by atoms with van der Waals surface area (Å²) in [5, 5.41) is 6.43. The van der Waals surface area contributed by atoms with Crippen molar-refractivity contribution in [3.63, 3.8) is 0 Å². The van der Waals surface area contributed by atoms with Gasteiger partial charge in [0.05, 0.1) is 11.1 Å². The number of amides is 1. The van der Waals surface area contributed by atoms with Gasteiger partial charge < -0.3 is 15.2 Å². The van der Waals surface area contributed by atoms with Crippen molar-refractivity contribution in [3.8, 4) is 11.1 Å². The molecule has 1 amide bonds. The van der Waals surface area contributed by atoms with Crippen LogP contribution < -0.4 is 16.2 Å². The van der Waals surface area contributed by atoms with Crippen molar-refractivity contribution in [2.45, 2.75) is 26.7 Å². The SMILES string of the molecule is C=C(NC(=O)c1ccc(C(C)(F)F)nc1)Nc1ccc(C)c(-c2cc3cnc(C)cc3n(C)c2=O)c1.[HH]. The fourth-order valence-corrected chi connectivity index (χ4v) is 3.85. The summed E-state index contributed by atoms with van der Waals surface area (Å²) in [7, 11) is 1.73. The summed E-state index contributed by atoms with van der Waals surface area (Å²) in [5.74, 6) is -3.47. The second kappa shape index (κ2) is 9.33. The number of fused-ring (bicyclic) bond motifs is 1. The van der Waals surface area contributed by atoms with Crippen LogP contribution in [0, 0.1) is 13.8 Å². The van der Waals surface area contributed by atoms with Gasteiger partial charge in [0.15, 0.2) is 0 Å². The lowest BCUT2D eigenvalue weighted by Gasteiger charge is -2.15. The van der Waals surface area contributed by atoms with E-state index in [1.165, 1.54) is 6.07 Å². The molecule has 0 aliphatic heterocycles. The van der Waals surface area contributed by atoms with Crippen molar-refractivity contribution in [3.05, 3.63) is 100 Å². The van der Waals surface area contributed by atoms with Crippen LogP contribution in [-0.2, 0) is 13.0 Å². The van der Waals surface area contributed by atoms with E-state index in [4.69, 9.17) is 0 Å². The number of pyridine rings is 3. The van der Waals surface area contributed by atoms with Crippen molar-refractivity contribution < 1.29 is 15.0 Å². The van der Waals surface area contributed by atoms with E-state index in [-0.39, 0.29) is 18.4 Å². The number of halogens is 2. The van der Waals surface area contributed by atoms with E-state index in [9.17, 15) is 18.4 Å². The van der Waals surface area contributed by atoms with Crippen LogP contribution >= 0.6 is 0 Å². The minimum absolute atomic E-state index is 0. The first kappa shape index (κ1) is 24.7. The maximum atomic E-state index is 13.4. The monoisotopic (exact) mass is 491 g/mol. The number of nitrogens with one attached hydrogen (secondary N) is 2. The first-order valence-corrected chi connectivity index (χ1v) is 11.1. The van der Waals surface area contributed by atoms with E-state index in [1.807, 2.05) is 32.0 Å². The number of aromatic nitrogens is 3. The first-order chi connectivity index (χ1) is 16.9. The van der Waals surface area contributed by atoms with Gasteiger partial charge in [0, 0.05) is 50.1 Å². The highest BCUT2D eigenvalue weighted by Gasteiger charge is 2.26. The Kier molecular flexibility index (Phi) is 6.41. The van der Waals surface area contributed by atoms with Crippen molar-refractivity contribution in [2.75, 3.05) is 5.32 Å². The number of anilines is 1. The molecule has 4 rings (SSSR count). The predicted molar refractivity (Wildman–Crippen MR) is 138 cm³/mol. The summed E-state index contributed by atoms with van der Waals surface area (Å²) < 4.78 is 28.3. The molecule has 0 saturated carbocycles. The van der Waals surface area contributed by atoms with Gasteiger partial charge in [0.1, 0.15) is 11.5 Å². The van der Waals surface area contributed by atoms with E-state index in [2.05, 4.69) is 27.2 Å². The molecule has 0 bridgehead atoms. The zero-order valence-corrected chi connectivity index (χ0v) is 20.3. The average molecular weight is 492 g/mol.